The molecule has 3 nitrogen and oxygen atoms in total. The van der Waals surface area contributed by atoms with Crippen LogP contribution < -0.4 is 5.73 Å². The number of fused-ring (bicyclic) bond motifs is 1. The van der Waals surface area contributed by atoms with Crippen molar-refractivity contribution in [3.8, 4) is 0 Å². The lowest BCUT2D eigenvalue weighted by molar-refractivity contribution is 1.34. The van der Waals surface area contributed by atoms with Crippen molar-refractivity contribution in [3.05, 3.63) is 48.8 Å². The lowest BCUT2D eigenvalue weighted by Crippen LogP contribution is -1.82. The van der Waals surface area contributed by atoms with Crippen molar-refractivity contribution in [2.75, 3.05) is 5.73 Å². The molecule has 3 rings (SSSR count). The maximum Gasteiger partial charge on any atom is 0.0931 e. The Labute approximate surface area is 103 Å². The molecule has 0 saturated carbocycles. The average Bonchev–Trinajstić information content (AvgIpc) is 2.79. The Morgan fingerprint density at radius 1 is 1.00 bits per heavy atom. The quantitative estimate of drug-likeness (QED) is 0.677. The van der Waals surface area contributed by atoms with E-state index >= 15 is 0 Å². The molecule has 0 atom stereocenters. The summed E-state index contributed by atoms with van der Waals surface area (Å²) >= 11 is 1.71. The van der Waals surface area contributed by atoms with Gasteiger partial charge in [0.15, 0.2) is 0 Å². The van der Waals surface area contributed by atoms with E-state index in [0.717, 1.165) is 16.7 Å². The smallest absolute Gasteiger partial charge is 0.0931 e. The molecule has 0 bridgehead atoms. The molecule has 0 saturated heterocycles. The van der Waals surface area contributed by atoms with Crippen molar-refractivity contribution in [3.63, 3.8) is 0 Å². The fourth-order valence-electron chi connectivity index (χ4n) is 1.65. The number of H-pyrrole nitrogens is 1. The molecule has 1 aromatic heterocycles. The Bertz CT molecular complexity index is 643. The van der Waals surface area contributed by atoms with E-state index in [0.29, 0.717) is 0 Å². The van der Waals surface area contributed by atoms with Gasteiger partial charge >= 0.3 is 0 Å². The largest absolute Gasteiger partial charge is 0.399 e. The number of nitrogens with zero attached hydrogens (tertiary/aromatic N) is 1. The highest BCUT2D eigenvalue weighted by molar-refractivity contribution is 7.99. The first-order valence-corrected chi connectivity index (χ1v) is 6.09. The minimum Gasteiger partial charge on any atom is -0.399 e. The summed E-state index contributed by atoms with van der Waals surface area (Å²) in [5.74, 6) is 0. The summed E-state index contributed by atoms with van der Waals surface area (Å²) < 4.78 is 0. The molecule has 0 aliphatic heterocycles. The number of benzene rings is 2. The van der Waals surface area contributed by atoms with Crippen molar-refractivity contribution in [2.24, 2.45) is 0 Å². The van der Waals surface area contributed by atoms with Crippen LogP contribution in [0.25, 0.3) is 11.0 Å². The van der Waals surface area contributed by atoms with Crippen LogP contribution in [0.15, 0.2) is 58.6 Å². The molecule has 0 radical (unpaired) electrons. The van der Waals surface area contributed by atoms with E-state index in [-0.39, 0.29) is 0 Å². The standard InChI is InChI=1S/C13H11N3S/c14-9-1-3-10(4-2-9)17-11-5-6-12-13(7-11)16-8-15-12/h1-8H,14H2,(H,15,16). The van der Waals surface area contributed by atoms with Gasteiger partial charge in [-0.05, 0) is 42.5 Å². The van der Waals surface area contributed by atoms with E-state index in [1.54, 1.807) is 18.1 Å². The maximum absolute atomic E-state index is 5.66. The number of rotatable bonds is 2. The van der Waals surface area contributed by atoms with Gasteiger partial charge in [-0.15, -0.1) is 0 Å². The van der Waals surface area contributed by atoms with Gasteiger partial charge < -0.3 is 10.7 Å². The first-order chi connectivity index (χ1) is 8.31. The molecule has 17 heavy (non-hydrogen) atoms. The van der Waals surface area contributed by atoms with Crippen molar-refractivity contribution in [1.82, 2.24) is 9.97 Å². The third kappa shape index (κ3) is 2.12. The van der Waals surface area contributed by atoms with E-state index in [1.165, 1.54) is 9.79 Å². The van der Waals surface area contributed by atoms with Gasteiger partial charge in [0.05, 0.1) is 17.4 Å². The first kappa shape index (κ1) is 10.2. The monoisotopic (exact) mass is 241 g/mol. The highest BCUT2D eigenvalue weighted by atomic mass is 32.2. The van der Waals surface area contributed by atoms with Gasteiger partial charge in [-0.2, -0.15) is 0 Å². The van der Waals surface area contributed by atoms with Gasteiger partial charge in [0.1, 0.15) is 0 Å². The van der Waals surface area contributed by atoms with Crippen LogP contribution in [0, 0.1) is 0 Å². The minimum atomic E-state index is 0.790. The third-order valence-corrected chi connectivity index (χ3v) is 3.51. The predicted octanol–water partition coefficient (Wildman–Crippen LogP) is 3.30. The average molecular weight is 241 g/mol. The molecule has 0 amide bonds. The molecular weight excluding hydrogens is 230 g/mol. The van der Waals surface area contributed by atoms with Crippen molar-refractivity contribution < 1.29 is 0 Å². The summed E-state index contributed by atoms with van der Waals surface area (Å²) in [6.45, 7) is 0. The topological polar surface area (TPSA) is 54.7 Å². The zero-order valence-corrected chi connectivity index (χ0v) is 9.87. The summed E-state index contributed by atoms with van der Waals surface area (Å²) in [4.78, 5) is 9.67. The number of nitrogens with two attached hydrogens (primary N) is 1. The second kappa shape index (κ2) is 4.14. The lowest BCUT2D eigenvalue weighted by Gasteiger charge is -2.02. The molecule has 0 unspecified atom stereocenters. The van der Waals surface area contributed by atoms with Crippen LogP contribution in [-0.4, -0.2) is 9.97 Å². The van der Waals surface area contributed by atoms with Crippen LogP contribution in [0.2, 0.25) is 0 Å². The Morgan fingerprint density at radius 3 is 2.59 bits per heavy atom. The van der Waals surface area contributed by atoms with Crippen LogP contribution in [0.5, 0.6) is 0 Å². The fourth-order valence-corrected chi connectivity index (χ4v) is 2.51. The summed E-state index contributed by atoms with van der Waals surface area (Å²) in [6, 6.07) is 14.1. The van der Waals surface area contributed by atoms with Gasteiger partial charge in [0.25, 0.3) is 0 Å². The number of aromatic nitrogens is 2. The highest BCUT2D eigenvalue weighted by Crippen LogP contribution is 2.29. The summed E-state index contributed by atoms with van der Waals surface area (Å²) in [5, 5.41) is 0. The summed E-state index contributed by atoms with van der Waals surface area (Å²) in [7, 11) is 0. The number of hydrogen-bond donors (Lipinski definition) is 2. The van der Waals surface area contributed by atoms with Gasteiger partial charge in [0, 0.05) is 15.5 Å². The Kier molecular flexibility index (Phi) is 2.49. The lowest BCUT2D eigenvalue weighted by atomic mass is 10.3. The van der Waals surface area contributed by atoms with Crippen LogP contribution in [0.1, 0.15) is 0 Å². The highest BCUT2D eigenvalue weighted by Gasteiger charge is 2.00. The van der Waals surface area contributed by atoms with Crippen LogP contribution in [0.3, 0.4) is 0 Å². The molecule has 4 heteroatoms. The van der Waals surface area contributed by atoms with Crippen LogP contribution in [-0.2, 0) is 0 Å². The van der Waals surface area contributed by atoms with Gasteiger partial charge in [-0.1, -0.05) is 11.8 Å². The Hall–Kier alpha value is -1.94. The molecule has 0 fully saturated rings. The fraction of sp³-hybridized carbons (Fsp3) is 0. The molecular formula is C13H11N3S. The number of nitrogens with one attached hydrogen (secondary N) is 1. The summed E-state index contributed by atoms with van der Waals surface area (Å²) in [6.07, 6.45) is 1.71. The van der Waals surface area contributed by atoms with E-state index in [4.69, 9.17) is 5.73 Å². The number of hydrogen-bond acceptors (Lipinski definition) is 3. The van der Waals surface area contributed by atoms with E-state index in [1.807, 2.05) is 30.3 Å². The zero-order valence-electron chi connectivity index (χ0n) is 9.05. The van der Waals surface area contributed by atoms with Gasteiger partial charge in [0.2, 0.25) is 0 Å². The van der Waals surface area contributed by atoms with E-state index in [2.05, 4.69) is 22.1 Å². The van der Waals surface area contributed by atoms with Crippen LogP contribution in [0.4, 0.5) is 5.69 Å². The van der Waals surface area contributed by atoms with E-state index < -0.39 is 0 Å². The molecule has 84 valence electrons. The Balaban J connectivity index is 1.91. The number of nitrogen functional groups attached to an aromatic ring is 1. The second-order valence-electron chi connectivity index (χ2n) is 3.75. The summed E-state index contributed by atoms with van der Waals surface area (Å²) in [5.41, 5.74) is 8.50. The zero-order chi connectivity index (χ0) is 11.7. The maximum atomic E-state index is 5.66. The van der Waals surface area contributed by atoms with Crippen LogP contribution >= 0.6 is 11.8 Å². The molecule has 0 spiro atoms. The third-order valence-electron chi connectivity index (χ3n) is 2.51. The van der Waals surface area contributed by atoms with Gasteiger partial charge in [-0.3, -0.25) is 0 Å². The van der Waals surface area contributed by atoms with Crippen molar-refractivity contribution in [1.29, 1.82) is 0 Å². The number of imidazole rings is 1. The van der Waals surface area contributed by atoms with Crippen molar-refractivity contribution in [2.45, 2.75) is 9.79 Å². The Morgan fingerprint density at radius 2 is 1.76 bits per heavy atom. The predicted molar refractivity (Wildman–Crippen MR) is 71.1 cm³/mol. The SMILES string of the molecule is Nc1ccc(Sc2ccc3nc[nH]c3c2)cc1. The minimum absolute atomic E-state index is 0.790. The molecule has 3 aromatic rings. The first-order valence-electron chi connectivity index (χ1n) is 5.28. The van der Waals surface area contributed by atoms with Crippen molar-refractivity contribution >= 4 is 28.5 Å². The second-order valence-corrected chi connectivity index (χ2v) is 4.90. The molecule has 0 aliphatic carbocycles. The molecule has 3 N–H and O–H groups in total. The molecule has 1 heterocycles. The molecule has 2 aromatic carbocycles. The normalized spacial score (nSPS) is 10.8. The van der Waals surface area contributed by atoms with E-state index in [9.17, 15) is 0 Å². The molecule has 0 aliphatic rings. The number of aromatic amines is 1. The number of anilines is 1. The van der Waals surface area contributed by atoms with Gasteiger partial charge in [-0.25, -0.2) is 4.98 Å².